The molecule has 7 heteroatoms. The number of nitriles is 1. The lowest BCUT2D eigenvalue weighted by Crippen LogP contribution is -2.51. The van der Waals surface area contributed by atoms with Crippen LogP contribution in [0.1, 0.15) is 51.5 Å². The Balaban J connectivity index is 1.86. The maximum Gasteiger partial charge on any atom is 0.329 e. The molecule has 0 heterocycles. The van der Waals surface area contributed by atoms with Gasteiger partial charge in [0.2, 0.25) is 5.91 Å². The molecular weight excluding hydrogens is 370 g/mol. The van der Waals surface area contributed by atoms with Gasteiger partial charge in [0.25, 0.3) is 5.91 Å². The van der Waals surface area contributed by atoms with Gasteiger partial charge in [-0.15, -0.1) is 0 Å². The van der Waals surface area contributed by atoms with E-state index in [1.807, 2.05) is 30.3 Å². The van der Waals surface area contributed by atoms with E-state index in [1.54, 1.807) is 13.8 Å². The van der Waals surface area contributed by atoms with Gasteiger partial charge in [-0.3, -0.25) is 9.59 Å². The predicted molar refractivity (Wildman–Crippen MR) is 107 cm³/mol. The SMILES string of the molecule is CC(C)[C@H](NC(=O)Cc1ccccc1)C(=O)OCC(=O)NC1(C#N)CCCCC1. The molecule has 1 aliphatic carbocycles. The second-order valence-electron chi connectivity index (χ2n) is 7.86. The fourth-order valence-electron chi connectivity index (χ4n) is 3.45. The molecule has 7 nitrogen and oxygen atoms in total. The van der Waals surface area contributed by atoms with Gasteiger partial charge >= 0.3 is 5.97 Å². The Morgan fingerprint density at radius 2 is 1.76 bits per heavy atom. The standard InChI is InChI=1S/C22H29N3O4/c1-16(2)20(24-18(26)13-17-9-5-3-6-10-17)21(28)29-14-19(27)25-22(15-23)11-7-4-8-12-22/h3,5-6,9-10,16,20H,4,7-8,11-14H2,1-2H3,(H,24,26)(H,25,27)/t20-/m0/s1. The van der Waals surface area contributed by atoms with Crippen molar-refractivity contribution in [1.82, 2.24) is 10.6 Å². The zero-order chi connectivity index (χ0) is 21.3. The molecule has 29 heavy (non-hydrogen) atoms. The fraction of sp³-hybridized carbons (Fsp3) is 0.545. The normalized spacial score (nSPS) is 16.3. The van der Waals surface area contributed by atoms with Crippen molar-refractivity contribution in [2.24, 2.45) is 5.92 Å². The summed E-state index contributed by atoms with van der Waals surface area (Å²) in [5.74, 6) is -1.65. The van der Waals surface area contributed by atoms with Gasteiger partial charge in [-0.25, -0.2) is 4.79 Å². The number of carbonyl (C=O) groups is 3. The lowest BCUT2D eigenvalue weighted by molar-refractivity contribution is -0.153. The van der Waals surface area contributed by atoms with Crippen LogP contribution in [0, 0.1) is 17.2 Å². The summed E-state index contributed by atoms with van der Waals surface area (Å²) in [5.41, 5.74) is -0.0298. The minimum absolute atomic E-state index is 0.155. The molecule has 0 aromatic heterocycles. The first-order chi connectivity index (χ1) is 13.8. The van der Waals surface area contributed by atoms with Gasteiger partial charge in [-0.05, 0) is 24.3 Å². The quantitative estimate of drug-likeness (QED) is 0.652. The number of rotatable bonds is 8. The third-order valence-corrected chi connectivity index (χ3v) is 5.09. The Bertz CT molecular complexity index is 749. The highest BCUT2D eigenvalue weighted by Crippen LogP contribution is 2.27. The van der Waals surface area contributed by atoms with Crippen molar-refractivity contribution < 1.29 is 19.1 Å². The topological polar surface area (TPSA) is 108 Å². The summed E-state index contributed by atoms with van der Waals surface area (Å²) in [6, 6.07) is 10.6. The zero-order valence-corrected chi connectivity index (χ0v) is 17.1. The maximum atomic E-state index is 12.4. The smallest absolute Gasteiger partial charge is 0.329 e. The lowest BCUT2D eigenvalue weighted by Gasteiger charge is -2.31. The zero-order valence-electron chi connectivity index (χ0n) is 17.1. The van der Waals surface area contributed by atoms with Crippen molar-refractivity contribution in [3.8, 4) is 6.07 Å². The summed E-state index contributed by atoms with van der Waals surface area (Å²) in [4.78, 5) is 36.9. The van der Waals surface area contributed by atoms with Crippen LogP contribution in [0.5, 0.6) is 0 Å². The van der Waals surface area contributed by atoms with Gasteiger partial charge < -0.3 is 15.4 Å². The average Bonchev–Trinajstić information content (AvgIpc) is 2.71. The Hall–Kier alpha value is -2.88. The monoisotopic (exact) mass is 399 g/mol. The third-order valence-electron chi connectivity index (χ3n) is 5.09. The molecule has 156 valence electrons. The number of benzene rings is 1. The van der Waals surface area contributed by atoms with Crippen LogP contribution in [0.2, 0.25) is 0 Å². The summed E-state index contributed by atoms with van der Waals surface area (Å²) in [7, 11) is 0. The Morgan fingerprint density at radius 1 is 1.10 bits per heavy atom. The van der Waals surface area contributed by atoms with E-state index in [2.05, 4.69) is 16.7 Å². The summed E-state index contributed by atoms with van der Waals surface area (Å²) in [6.07, 6.45) is 4.18. The van der Waals surface area contributed by atoms with E-state index in [0.717, 1.165) is 24.8 Å². The van der Waals surface area contributed by atoms with Crippen molar-refractivity contribution in [2.75, 3.05) is 6.61 Å². The minimum Gasteiger partial charge on any atom is -0.454 e. The van der Waals surface area contributed by atoms with Crippen molar-refractivity contribution in [2.45, 2.75) is 64.0 Å². The number of amides is 2. The second-order valence-corrected chi connectivity index (χ2v) is 7.86. The number of hydrogen-bond acceptors (Lipinski definition) is 5. The molecule has 0 unspecified atom stereocenters. The molecule has 0 saturated heterocycles. The van der Waals surface area contributed by atoms with Crippen molar-refractivity contribution in [1.29, 1.82) is 5.26 Å². The molecule has 0 spiro atoms. The Morgan fingerprint density at radius 3 is 2.34 bits per heavy atom. The third kappa shape index (κ3) is 6.90. The van der Waals surface area contributed by atoms with Crippen molar-refractivity contribution in [3.05, 3.63) is 35.9 Å². The number of nitrogens with one attached hydrogen (secondary N) is 2. The largest absolute Gasteiger partial charge is 0.454 e. The maximum absolute atomic E-state index is 12.4. The molecule has 1 aliphatic rings. The summed E-state index contributed by atoms with van der Waals surface area (Å²) >= 11 is 0. The van der Waals surface area contributed by atoms with Gasteiger partial charge in [0, 0.05) is 0 Å². The van der Waals surface area contributed by atoms with Crippen LogP contribution in [0.15, 0.2) is 30.3 Å². The predicted octanol–water partition coefficient (Wildman–Crippen LogP) is 2.26. The van der Waals surface area contributed by atoms with Gasteiger partial charge in [-0.2, -0.15) is 5.26 Å². The second kappa shape index (κ2) is 10.6. The highest BCUT2D eigenvalue weighted by molar-refractivity contribution is 5.87. The molecule has 2 amide bonds. The lowest BCUT2D eigenvalue weighted by atomic mass is 9.83. The van der Waals surface area contributed by atoms with Gasteiger partial charge in [0.1, 0.15) is 11.6 Å². The van der Waals surface area contributed by atoms with E-state index in [4.69, 9.17) is 4.74 Å². The van der Waals surface area contributed by atoms with E-state index in [-0.39, 0.29) is 18.2 Å². The molecular formula is C22H29N3O4. The first kappa shape index (κ1) is 22.4. The van der Waals surface area contributed by atoms with E-state index >= 15 is 0 Å². The van der Waals surface area contributed by atoms with E-state index in [1.165, 1.54) is 0 Å². The van der Waals surface area contributed by atoms with E-state index in [9.17, 15) is 19.6 Å². The summed E-state index contributed by atoms with van der Waals surface area (Å²) < 4.78 is 5.13. The Labute approximate surface area is 171 Å². The number of ether oxygens (including phenoxy) is 1. The molecule has 0 aliphatic heterocycles. The molecule has 1 atom stereocenters. The van der Waals surface area contributed by atoms with Crippen LogP contribution in [0.25, 0.3) is 0 Å². The van der Waals surface area contributed by atoms with Crippen LogP contribution >= 0.6 is 0 Å². The van der Waals surface area contributed by atoms with E-state index in [0.29, 0.717) is 12.8 Å². The first-order valence-corrected chi connectivity index (χ1v) is 10.1. The Kier molecular flexibility index (Phi) is 8.20. The highest BCUT2D eigenvalue weighted by atomic mass is 16.5. The fourth-order valence-corrected chi connectivity index (χ4v) is 3.45. The molecule has 1 fully saturated rings. The molecule has 2 N–H and O–H groups in total. The van der Waals surface area contributed by atoms with Crippen molar-refractivity contribution in [3.63, 3.8) is 0 Å². The molecule has 1 saturated carbocycles. The van der Waals surface area contributed by atoms with Gasteiger partial charge in [0.05, 0.1) is 12.5 Å². The highest BCUT2D eigenvalue weighted by Gasteiger charge is 2.34. The molecule has 1 aromatic carbocycles. The van der Waals surface area contributed by atoms with Crippen LogP contribution in [-0.4, -0.2) is 36.0 Å². The molecule has 0 radical (unpaired) electrons. The first-order valence-electron chi connectivity index (χ1n) is 10.1. The number of nitrogens with zero attached hydrogens (tertiary/aromatic N) is 1. The van der Waals surface area contributed by atoms with Crippen LogP contribution in [0.4, 0.5) is 0 Å². The van der Waals surface area contributed by atoms with Crippen LogP contribution < -0.4 is 10.6 Å². The molecule has 1 aromatic rings. The van der Waals surface area contributed by atoms with E-state index < -0.39 is 30.1 Å². The van der Waals surface area contributed by atoms with Gasteiger partial charge in [0.15, 0.2) is 6.61 Å². The number of hydrogen-bond donors (Lipinski definition) is 2. The molecule has 2 rings (SSSR count). The summed E-state index contributed by atoms with van der Waals surface area (Å²) in [5, 5.41) is 14.8. The average molecular weight is 399 g/mol. The number of carbonyl (C=O) groups excluding carboxylic acids is 3. The van der Waals surface area contributed by atoms with Crippen LogP contribution in [-0.2, 0) is 25.5 Å². The summed E-state index contributed by atoms with van der Waals surface area (Å²) in [6.45, 7) is 3.11. The van der Waals surface area contributed by atoms with Gasteiger partial charge in [-0.1, -0.05) is 63.4 Å². The molecule has 0 bridgehead atoms. The number of esters is 1. The van der Waals surface area contributed by atoms with Crippen molar-refractivity contribution >= 4 is 17.8 Å². The van der Waals surface area contributed by atoms with Crippen LogP contribution in [0.3, 0.4) is 0 Å². The minimum atomic E-state index is -0.872.